The number of ether oxygens (including phenoxy) is 2. The average Bonchev–Trinajstić information content (AvgIpc) is 2.34. The molecule has 2 rings (SSSR count). The molecule has 0 amide bonds. The molecule has 0 N–H and O–H groups in total. The highest BCUT2D eigenvalue weighted by Crippen LogP contribution is 2.39. The van der Waals surface area contributed by atoms with Crippen molar-refractivity contribution in [1.29, 1.82) is 0 Å². The zero-order valence-electron chi connectivity index (χ0n) is 5.09. The van der Waals surface area contributed by atoms with Gasteiger partial charge in [0.05, 0.1) is 0 Å². The van der Waals surface area contributed by atoms with Crippen LogP contribution in [0.3, 0.4) is 0 Å². The van der Waals surface area contributed by atoms with Crippen LogP contribution in [0.4, 0.5) is 0 Å². The maximum absolute atomic E-state index is 5.37. The van der Waals surface area contributed by atoms with E-state index in [0.717, 1.165) is 11.5 Å². The molecule has 2 heterocycles. The quantitative estimate of drug-likeness (QED) is 0.671. The molecule has 1 aliphatic rings. The fraction of sp³-hybridized carbons (Fsp3) is 0.333. The van der Waals surface area contributed by atoms with Gasteiger partial charge in [-0.15, -0.1) is 11.3 Å². The maximum atomic E-state index is 5.37. The van der Waals surface area contributed by atoms with Crippen LogP contribution in [0.25, 0.3) is 0 Å². The summed E-state index contributed by atoms with van der Waals surface area (Å²) in [6.07, 6.45) is 0. The van der Waals surface area contributed by atoms with E-state index in [-0.39, 0.29) is 0 Å². The molecule has 10 heavy (non-hydrogen) atoms. The highest BCUT2D eigenvalue weighted by atomic mass is 127. The van der Waals surface area contributed by atoms with Crippen LogP contribution < -0.4 is 9.47 Å². The SMILES string of the molecule is Ic1scc2c1OCCO2. The molecule has 1 aromatic rings. The van der Waals surface area contributed by atoms with E-state index in [1.807, 2.05) is 5.38 Å². The fourth-order valence-corrected chi connectivity index (χ4v) is 2.29. The molecule has 0 saturated heterocycles. The minimum Gasteiger partial charge on any atom is -0.485 e. The molecule has 0 aliphatic carbocycles. The summed E-state index contributed by atoms with van der Waals surface area (Å²) in [4.78, 5) is 0. The predicted molar refractivity (Wildman–Crippen MR) is 48.0 cm³/mol. The summed E-state index contributed by atoms with van der Waals surface area (Å²) in [6.45, 7) is 1.36. The second-order valence-electron chi connectivity index (χ2n) is 1.90. The van der Waals surface area contributed by atoms with Gasteiger partial charge in [0.25, 0.3) is 0 Å². The lowest BCUT2D eigenvalue weighted by atomic mass is 10.5. The van der Waals surface area contributed by atoms with Crippen molar-refractivity contribution in [1.82, 2.24) is 0 Å². The minimum absolute atomic E-state index is 0.680. The Kier molecular flexibility index (Phi) is 1.73. The molecular weight excluding hydrogens is 263 g/mol. The molecule has 2 nitrogen and oxygen atoms in total. The smallest absolute Gasteiger partial charge is 0.185 e. The summed E-state index contributed by atoms with van der Waals surface area (Å²) in [5.41, 5.74) is 0. The topological polar surface area (TPSA) is 18.5 Å². The van der Waals surface area contributed by atoms with E-state index in [9.17, 15) is 0 Å². The molecule has 0 fully saturated rings. The Morgan fingerprint density at radius 1 is 1.40 bits per heavy atom. The molecule has 1 aliphatic heterocycles. The molecule has 0 saturated carbocycles. The van der Waals surface area contributed by atoms with Crippen LogP contribution in [0.1, 0.15) is 0 Å². The maximum Gasteiger partial charge on any atom is 0.185 e. The van der Waals surface area contributed by atoms with Gasteiger partial charge in [0, 0.05) is 5.38 Å². The molecule has 0 radical (unpaired) electrons. The third-order valence-corrected chi connectivity index (χ3v) is 3.24. The van der Waals surface area contributed by atoms with Crippen molar-refractivity contribution >= 4 is 33.9 Å². The van der Waals surface area contributed by atoms with Crippen LogP contribution >= 0.6 is 33.9 Å². The number of rotatable bonds is 0. The zero-order valence-corrected chi connectivity index (χ0v) is 8.07. The Balaban J connectivity index is 2.45. The van der Waals surface area contributed by atoms with E-state index in [0.29, 0.717) is 13.2 Å². The molecule has 0 atom stereocenters. The van der Waals surface area contributed by atoms with Crippen molar-refractivity contribution < 1.29 is 9.47 Å². The lowest BCUT2D eigenvalue weighted by molar-refractivity contribution is 0.172. The van der Waals surface area contributed by atoms with Gasteiger partial charge in [-0.2, -0.15) is 0 Å². The number of halogens is 1. The summed E-state index contributed by atoms with van der Waals surface area (Å²) < 4.78 is 11.9. The summed E-state index contributed by atoms with van der Waals surface area (Å²) in [5.74, 6) is 1.83. The summed E-state index contributed by atoms with van der Waals surface area (Å²) in [5, 5.41) is 1.98. The van der Waals surface area contributed by atoms with E-state index in [1.165, 1.54) is 2.88 Å². The first-order valence-corrected chi connectivity index (χ1v) is 4.86. The number of hydrogen-bond acceptors (Lipinski definition) is 3. The molecule has 0 bridgehead atoms. The Bertz CT molecular complexity index is 246. The standard InChI is InChI=1S/C6H5IO2S/c7-6-5-4(3-10-6)8-1-2-9-5/h3H,1-2H2. The molecule has 0 unspecified atom stereocenters. The second kappa shape index (κ2) is 2.58. The Morgan fingerprint density at radius 3 is 3.00 bits per heavy atom. The van der Waals surface area contributed by atoms with Crippen molar-refractivity contribution in [3.05, 3.63) is 8.26 Å². The van der Waals surface area contributed by atoms with E-state index in [4.69, 9.17) is 9.47 Å². The lowest BCUT2D eigenvalue weighted by Gasteiger charge is -2.14. The number of fused-ring (bicyclic) bond motifs is 1. The van der Waals surface area contributed by atoms with Crippen LogP contribution in [0.5, 0.6) is 11.5 Å². The van der Waals surface area contributed by atoms with Gasteiger partial charge < -0.3 is 9.47 Å². The number of hydrogen-bond donors (Lipinski definition) is 0. The molecule has 1 aromatic heterocycles. The minimum atomic E-state index is 0.680. The normalized spacial score (nSPS) is 15.3. The Labute approximate surface area is 76.3 Å². The van der Waals surface area contributed by atoms with Crippen LogP contribution in [0.2, 0.25) is 0 Å². The first-order chi connectivity index (χ1) is 4.88. The molecule has 4 heteroatoms. The van der Waals surface area contributed by atoms with Gasteiger partial charge >= 0.3 is 0 Å². The van der Waals surface area contributed by atoms with Gasteiger partial charge in [0.2, 0.25) is 0 Å². The van der Waals surface area contributed by atoms with Gasteiger partial charge in [-0.25, -0.2) is 0 Å². The lowest BCUT2D eigenvalue weighted by Crippen LogP contribution is -2.14. The van der Waals surface area contributed by atoms with E-state index in [2.05, 4.69) is 22.6 Å². The van der Waals surface area contributed by atoms with Crippen molar-refractivity contribution in [2.45, 2.75) is 0 Å². The summed E-state index contributed by atoms with van der Waals surface area (Å²) in [7, 11) is 0. The first-order valence-electron chi connectivity index (χ1n) is 2.90. The van der Waals surface area contributed by atoms with Gasteiger partial charge in [-0.1, -0.05) is 0 Å². The third kappa shape index (κ3) is 0.989. The highest BCUT2D eigenvalue weighted by Gasteiger charge is 2.15. The van der Waals surface area contributed by atoms with Crippen molar-refractivity contribution in [2.24, 2.45) is 0 Å². The van der Waals surface area contributed by atoms with Crippen LogP contribution in [-0.4, -0.2) is 13.2 Å². The third-order valence-electron chi connectivity index (χ3n) is 1.26. The molecule has 0 spiro atoms. The average molecular weight is 268 g/mol. The predicted octanol–water partition coefficient (Wildman–Crippen LogP) is 2.12. The van der Waals surface area contributed by atoms with Gasteiger partial charge in [-0.05, 0) is 22.6 Å². The van der Waals surface area contributed by atoms with Crippen LogP contribution in [0, 0.1) is 2.88 Å². The van der Waals surface area contributed by atoms with E-state index < -0.39 is 0 Å². The van der Waals surface area contributed by atoms with Crippen molar-refractivity contribution in [3.8, 4) is 11.5 Å². The summed E-state index contributed by atoms with van der Waals surface area (Å²) >= 11 is 3.91. The molecular formula is C6H5IO2S. The highest BCUT2D eigenvalue weighted by molar-refractivity contribution is 14.1. The number of thiophene rings is 1. The van der Waals surface area contributed by atoms with E-state index >= 15 is 0 Å². The first kappa shape index (κ1) is 6.72. The van der Waals surface area contributed by atoms with Gasteiger partial charge in [0.15, 0.2) is 11.5 Å². The van der Waals surface area contributed by atoms with E-state index in [1.54, 1.807) is 11.3 Å². The largest absolute Gasteiger partial charge is 0.485 e. The molecule has 54 valence electrons. The fourth-order valence-electron chi connectivity index (χ4n) is 0.832. The van der Waals surface area contributed by atoms with Crippen LogP contribution in [-0.2, 0) is 0 Å². The zero-order chi connectivity index (χ0) is 6.97. The van der Waals surface area contributed by atoms with Gasteiger partial charge in [-0.3, -0.25) is 0 Å². The van der Waals surface area contributed by atoms with Crippen molar-refractivity contribution in [3.63, 3.8) is 0 Å². The van der Waals surface area contributed by atoms with Crippen LogP contribution in [0.15, 0.2) is 5.38 Å². The summed E-state index contributed by atoms with van der Waals surface area (Å²) in [6, 6.07) is 0. The second-order valence-corrected chi connectivity index (χ2v) is 4.59. The Morgan fingerprint density at radius 2 is 2.20 bits per heavy atom. The van der Waals surface area contributed by atoms with Crippen molar-refractivity contribution in [2.75, 3.05) is 13.2 Å². The molecule has 0 aromatic carbocycles. The Hall–Kier alpha value is 0.0300. The van der Waals surface area contributed by atoms with Gasteiger partial charge in [0.1, 0.15) is 16.1 Å². The monoisotopic (exact) mass is 268 g/mol.